The smallest absolute Gasteiger partial charge is 0.324 e. The Balaban J connectivity index is 2.53. The van der Waals surface area contributed by atoms with Crippen LogP contribution in [0.2, 0.25) is 0 Å². The number of H-pyrrole nitrogens is 1. The van der Waals surface area contributed by atoms with Gasteiger partial charge in [-0.05, 0) is 19.9 Å². The third-order valence-corrected chi connectivity index (χ3v) is 2.85. The van der Waals surface area contributed by atoms with Crippen LogP contribution in [0.4, 0.5) is 13.2 Å². The molecule has 0 fully saturated rings. The Labute approximate surface area is 115 Å². The molecule has 10 heteroatoms. The molecule has 2 aromatic rings. The van der Waals surface area contributed by atoms with Crippen LogP contribution in [0, 0.1) is 0 Å². The highest BCUT2D eigenvalue weighted by molar-refractivity contribution is 7.03. The van der Waals surface area contributed by atoms with Gasteiger partial charge in [-0.3, -0.25) is 14.5 Å². The normalized spacial score (nSPS) is 12.9. The minimum Gasteiger partial charge on any atom is -0.324 e. The van der Waals surface area contributed by atoms with Crippen molar-refractivity contribution in [2.45, 2.75) is 32.1 Å². The lowest BCUT2D eigenvalue weighted by molar-refractivity contribution is -0.141. The van der Waals surface area contributed by atoms with E-state index in [4.69, 9.17) is 5.73 Å². The quantitative estimate of drug-likeness (QED) is 0.898. The van der Waals surface area contributed by atoms with Gasteiger partial charge in [-0.1, -0.05) is 0 Å². The molecule has 0 aliphatic carbocycles. The zero-order chi connectivity index (χ0) is 15.1. The number of halogens is 3. The topological polar surface area (TPSA) is 89.6 Å². The van der Waals surface area contributed by atoms with Crippen LogP contribution in [0.1, 0.15) is 19.5 Å². The van der Waals surface area contributed by atoms with Gasteiger partial charge in [0, 0.05) is 17.1 Å². The first-order chi connectivity index (χ1) is 9.06. The molecule has 0 aliphatic heterocycles. The predicted molar refractivity (Wildman–Crippen MR) is 67.2 cm³/mol. The first-order valence-electron chi connectivity index (χ1n) is 5.56. The second-order valence-electron chi connectivity index (χ2n) is 5.00. The van der Waals surface area contributed by atoms with E-state index < -0.39 is 22.3 Å². The number of nitrogens with one attached hydrogen (secondary N) is 1. The lowest BCUT2D eigenvalue weighted by Gasteiger charge is -2.19. The summed E-state index contributed by atoms with van der Waals surface area (Å²) in [7, 11) is 0. The molecule has 0 aromatic carbocycles. The second kappa shape index (κ2) is 4.70. The maximum absolute atomic E-state index is 12.7. The van der Waals surface area contributed by atoms with Crippen LogP contribution >= 0.6 is 11.5 Å². The highest BCUT2D eigenvalue weighted by Crippen LogP contribution is 2.31. The van der Waals surface area contributed by atoms with Crippen molar-refractivity contribution >= 4 is 11.5 Å². The average molecular weight is 307 g/mol. The number of hydrogen-bond acceptors (Lipinski definition) is 5. The van der Waals surface area contributed by atoms with Gasteiger partial charge in [-0.25, -0.2) is 0 Å². The Morgan fingerprint density at radius 2 is 2.10 bits per heavy atom. The summed E-state index contributed by atoms with van der Waals surface area (Å²) in [4.78, 5) is 13.0. The van der Waals surface area contributed by atoms with E-state index in [1.165, 1.54) is 0 Å². The van der Waals surface area contributed by atoms with Crippen molar-refractivity contribution in [3.63, 3.8) is 0 Å². The third kappa shape index (κ3) is 3.25. The van der Waals surface area contributed by atoms with Gasteiger partial charge in [0.25, 0.3) is 0 Å². The zero-order valence-corrected chi connectivity index (χ0v) is 11.5. The SMILES string of the molecule is CC(C)(N)Cn1nc(C(F)(F)F)cc1-c1nsc(=O)[nH]1. The van der Waals surface area contributed by atoms with Crippen LogP contribution in [0.5, 0.6) is 0 Å². The van der Waals surface area contributed by atoms with Gasteiger partial charge in [0.15, 0.2) is 11.5 Å². The molecule has 0 aliphatic rings. The number of nitrogens with two attached hydrogens (primary N) is 1. The molecule has 20 heavy (non-hydrogen) atoms. The maximum Gasteiger partial charge on any atom is 0.435 e. The average Bonchev–Trinajstić information content (AvgIpc) is 2.81. The van der Waals surface area contributed by atoms with Crippen molar-refractivity contribution in [1.82, 2.24) is 19.1 Å². The molecule has 0 amide bonds. The molecule has 0 spiro atoms. The Kier molecular flexibility index (Phi) is 3.46. The number of aromatic amines is 1. The molecule has 110 valence electrons. The molecular formula is C10H12F3N5OS. The van der Waals surface area contributed by atoms with Crippen molar-refractivity contribution in [3.8, 4) is 11.5 Å². The Morgan fingerprint density at radius 1 is 1.45 bits per heavy atom. The van der Waals surface area contributed by atoms with Crippen molar-refractivity contribution in [3.05, 3.63) is 21.4 Å². The Hall–Kier alpha value is -1.68. The Bertz CT molecular complexity index is 663. The van der Waals surface area contributed by atoms with Gasteiger partial charge in [0.1, 0.15) is 5.69 Å². The van der Waals surface area contributed by atoms with E-state index >= 15 is 0 Å². The summed E-state index contributed by atoms with van der Waals surface area (Å²) < 4.78 is 43.1. The molecule has 2 rings (SSSR count). The molecule has 2 heterocycles. The highest BCUT2D eigenvalue weighted by Gasteiger charge is 2.36. The molecule has 2 aromatic heterocycles. The Morgan fingerprint density at radius 3 is 2.55 bits per heavy atom. The standard InChI is InChI=1S/C10H12F3N5OS/c1-9(2,14)4-18-5(7-15-8(19)20-17-7)3-6(16-18)10(11,12)13/h3H,4,14H2,1-2H3,(H,15,17,19). The van der Waals surface area contributed by atoms with Gasteiger partial charge in [0.05, 0.1) is 6.54 Å². The largest absolute Gasteiger partial charge is 0.435 e. The first-order valence-corrected chi connectivity index (χ1v) is 6.34. The number of rotatable bonds is 3. The van der Waals surface area contributed by atoms with E-state index in [-0.39, 0.29) is 18.1 Å². The van der Waals surface area contributed by atoms with E-state index in [1.54, 1.807) is 13.8 Å². The number of hydrogen-bond donors (Lipinski definition) is 2. The van der Waals surface area contributed by atoms with Crippen LogP contribution < -0.4 is 10.6 Å². The molecule has 0 unspecified atom stereocenters. The van der Waals surface area contributed by atoms with E-state index in [0.29, 0.717) is 11.5 Å². The highest BCUT2D eigenvalue weighted by atomic mass is 32.1. The summed E-state index contributed by atoms with van der Waals surface area (Å²) in [5, 5.41) is 3.51. The third-order valence-electron chi connectivity index (χ3n) is 2.31. The van der Waals surface area contributed by atoms with Crippen LogP contribution in [-0.4, -0.2) is 24.7 Å². The number of aromatic nitrogens is 4. The molecule has 3 N–H and O–H groups in total. The fourth-order valence-electron chi connectivity index (χ4n) is 1.59. The maximum atomic E-state index is 12.7. The number of nitrogens with zero attached hydrogens (tertiary/aromatic N) is 3. The summed E-state index contributed by atoms with van der Waals surface area (Å²) in [5.74, 6) is 0.0484. The van der Waals surface area contributed by atoms with Crippen LogP contribution in [0.15, 0.2) is 10.9 Å². The van der Waals surface area contributed by atoms with E-state index in [9.17, 15) is 18.0 Å². The number of alkyl halides is 3. The summed E-state index contributed by atoms with van der Waals surface area (Å²) in [6.45, 7) is 3.38. The summed E-state index contributed by atoms with van der Waals surface area (Å²) in [5.41, 5.74) is 4.07. The molecular weight excluding hydrogens is 295 g/mol. The lowest BCUT2D eigenvalue weighted by Crippen LogP contribution is -2.37. The van der Waals surface area contributed by atoms with Crippen molar-refractivity contribution in [1.29, 1.82) is 0 Å². The molecule has 6 nitrogen and oxygen atoms in total. The lowest BCUT2D eigenvalue weighted by atomic mass is 10.1. The van der Waals surface area contributed by atoms with Gasteiger partial charge in [0.2, 0.25) is 0 Å². The van der Waals surface area contributed by atoms with E-state index in [2.05, 4.69) is 14.5 Å². The second-order valence-corrected chi connectivity index (χ2v) is 5.74. The fraction of sp³-hybridized carbons (Fsp3) is 0.500. The molecule has 0 saturated heterocycles. The molecule has 0 radical (unpaired) electrons. The van der Waals surface area contributed by atoms with Gasteiger partial charge >= 0.3 is 11.0 Å². The minimum atomic E-state index is -4.57. The van der Waals surface area contributed by atoms with Crippen LogP contribution in [0.25, 0.3) is 11.5 Å². The zero-order valence-electron chi connectivity index (χ0n) is 10.7. The van der Waals surface area contributed by atoms with Gasteiger partial charge in [-0.2, -0.15) is 22.6 Å². The first kappa shape index (κ1) is 14.7. The van der Waals surface area contributed by atoms with Crippen LogP contribution in [-0.2, 0) is 12.7 Å². The van der Waals surface area contributed by atoms with Crippen LogP contribution in [0.3, 0.4) is 0 Å². The van der Waals surface area contributed by atoms with E-state index in [1.807, 2.05) is 0 Å². The summed E-state index contributed by atoms with van der Waals surface area (Å²) in [6.07, 6.45) is -4.57. The minimum absolute atomic E-state index is 0.0484. The molecule has 0 atom stereocenters. The predicted octanol–water partition coefficient (Wildman–Crippen LogP) is 1.45. The van der Waals surface area contributed by atoms with Crippen molar-refractivity contribution < 1.29 is 13.2 Å². The summed E-state index contributed by atoms with van der Waals surface area (Å²) >= 11 is 0.628. The molecule has 0 bridgehead atoms. The monoisotopic (exact) mass is 307 g/mol. The van der Waals surface area contributed by atoms with E-state index in [0.717, 1.165) is 10.7 Å². The van der Waals surface area contributed by atoms with Crippen molar-refractivity contribution in [2.24, 2.45) is 5.73 Å². The molecule has 0 saturated carbocycles. The van der Waals surface area contributed by atoms with Gasteiger partial charge < -0.3 is 5.73 Å². The fourth-order valence-corrected chi connectivity index (χ4v) is 2.05. The van der Waals surface area contributed by atoms with Crippen molar-refractivity contribution in [2.75, 3.05) is 0 Å². The van der Waals surface area contributed by atoms with Gasteiger partial charge in [-0.15, -0.1) is 0 Å². The summed E-state index contributed by atoms with van der Waals surface area (Å²) in [6, 6.07) is 0.844.